The second-order valence-corrected chi connectivity index (χ2v) is 3.29. The third kappa shape index (κ3) is 3.11. The SMILES string of the molecule is CCCNC(C)c1ncc(C)cn1. The van der Waals surface area contributed by atoms with Crippen LogP contribution in [0.1, 0.15) is 37.7 Å². The van der Waals surface area contributed by atoms with Crippen LogP contribution in [0.2, 0.25) is 0 Å². The minimum absolute atomic E-state index is 0.251. The summed E-state index contributed by atoms with van der Waals surface area (Å²) in [7, 11) is 0. The van der Waals surface area contributed by atoms with Crippen LogP contribution in [0.25, 0.3) is 0 Å². The van der Waals surface area contributed by atoms with E-state index >= 15 is 0 Å². The Morgan fingerprint density at radius 3 is 2.54 bits per heavy atom. The van der Waals surface area contributed by atoms with E-state index in [1.165, 1.54) is 0 Å². The molecule has 1 rings (SSSR count). The zero-order chi connectivity index (χ0) is 9.68. The Balaban J connectivity index is 2.55. The molecule has 72 valence electrons. The average molecular weight is 179 g/mol. The van der Waals surface area contributed by atoms with Gasteiger partial charge in [-0.15, -0.1) is 0 Å². The first-order chi connectivity index (χ1) is 6.24. The molecule has 0 aliphatic carbocycles. The van der Waals surface area contributed by atoms with Gasteiger partial charge in [0.15, 0.2) is 0 Å². The molecule has 0 aromatic carbocycles. The molecule has 1 aromatic heterocycles. The van der Waals surface area contributed by atoms with Crippen molar-refractivity contribution in [3.63, 3.8) is 0 Å². The molecule has 1 heterocycles. The van der Waals surface area contributed by atoms with E-state index in [0.29, 0.717) is 0 Å². The summed E-state index contributed by atoms with van der Waals surface area (Å²) in [6.45, 7) is 7.24. The third-order valence-corrected chi connectivity index (χ3v) is 1.89. The van der Waals surface area contributed by atoms with Gasteiger partial charge in [0.2, 0.25) is 0 Å². The summed E-state index contributed by atoms with van der Waals surface area (Å²) in [6, 6.07) is 0.251. The predicted octanol–water partition coefficient (Wildman–Crippen LogP) is 1.85. The summed E-state index contributed by atoms with van der Waals surface area (Å²) >= 11 is 0. The van der Waals surface area contributed by atoms with Gasteiger partial charge in [0.1, 0.15) is 5.82 Å². The lowest BCUT2D eigenvalue weighted by atomic mass is 10.3. The molecule has 0 spiro atoms. The van der Waals surface area contributed by atoms with Crippen molar-refractivity contribution >= 4 is 0 Å². The number of nitrogens with zero attached hydrogens (tertiary/aromatic N) is 2. The van der Waals surface area contributed by atoms with Gasteiger partial charge in [-0.3, -0.25) is 0 Å². The highest BCUT2D eigenvalue weighted by molar-refractivity contribution is 5.03. The van der Waals surface area contributed by atoms with Crippen molar-refractivity contribution in [2.45, 2.75) is 33.2 Å². The van der Waals surface area contributed by atoms with Gasteiger partial charge in [-0.2, -0.15) is 0 Å². The summed E-state index contributed by atoms with van der Waals surface area (Å²) in [4.78, 5) is 8.51. The normalized spacial score (nSPS) is 12.8. The van der Waals surface area contributed by atoms with Gasteiger partial charge in [-0.1, -0.05) is 6.92 Å². The molecule has 0 aliphatic rings. The number of nitrogens with one attached hydrogen (secondary N) is 1. The smallest absolute Gasteiger partial charge is 0.144 e. The molecular weight excluding hydrogens is 162 g/mol. The minimum atomic E-state index is 0.251. The van der Waals surface area contributed by atoms with Crippen LogP contribution in [0, 0.1) is 6.92 Å². The average Bonchev–Trinajstić information content (AvgIpc) is 2.15. The maximum Gasteiger partial charge on any atom is 0.144 e. The summed E-state index contributed by atoms with van der Waals surface area (Å²) in [6.07, 6.45) is 4.84. The fraction of sp³-hybridized carbons (Fsp3) is 0.600. The zero-order valence-corrected chi connectivity index (χ0v) is 8.54. The van der Waals surface area contributed by atoms with Gasteiger partial charge in [0.05, 0.1) is 6.04 Å². The van der Waals surface area contributed by atoms with E-state index in [1.54, 1.807) is 0 Å². The maximum atomic E-state index is 4.26. The van der Waals surface area contributed by atoms with Crippen molar-refractivity contribution in [2.24, 2.45) is 0 Å². The van der Waals surface area contributed by atoms with Crippen molar-refractivity contribution in [3.05, 3.63) is 23.8 Å². The number of aromatic nitrogens is 2. The lowest BCUT2D eigenvalue weighted by Gasteiger charge is -2.10. The first kappa shape index (κ1) is 10.1. The van der Waals surface area contributed by atoms with E-state index in [1.807, 2.05) is 19.3 Å². The van der Waals surface area contributed by atoms with Crippen LogP contribution in [0.4, 0.5) is 0 Å². The Hall–Kier alpha value is -0.960. The summed E-state index contributed by atoms with van der Waals surface area (Å²) in [5.41, 5.74) is 1.10. The highest BCUT2D eigenvalue weighted by Crippen LogP contribution is 2.05. The topological polar surface area (TPSA) is 37.8 Å². The van der Waals surface area contributed by atoms with Gasteiger partial charge in [-0.05, 0) is 32.4 Å². The summed E-state index contributed by atoms with van der Waals surface area (Å²) < 4.78 is 0. The molecule has 0 saturated carbocycles. The quantitative estimate of drug-likeness (QED) is 0.766. The first-order valence-corrected chi connectivity index (χ1v) is 4.76. The molecule has 3 nitrogen and oxygen atoms in total. The fourth-order valence-corrected chi connectivity index (χ4v) is 1.08. The molecule has 0 bridgehead atoms. The third-order valence-electron chi connectivity index (χ3n) is 1.89. The molecule has 0 aliphatic heterocycles. The second kappa shape index (κ2) is 4.92. The molecule has 0 saturated heterocycles. The van der Waals surface area contributed by atoms with Crippen molar-refractivity contribution < 1.29 is 0 Å². The monoisotopic (exact) mass is 179 g/mol. The predicted molar refractivity (Wildman–Crippen MR) is 53.5 cm³/mol. The molecule has 3 heteroatoms. The molecule has 1 aromatic rings. The largest absolute Gasteiger partial charge is 0.308 e. The van der Waals surface area contributed by atoms with Crippen molar-refractivity contribution in [3.8, 4) is 0 Å². The lowest BCUT2D eigenvalue weighted by Crippen LogP contribution is -2.21. The van der Waals surface area contributed by atoms with E-state index < -0.39 is 0 Å². The molecule has 0 amide bonds. The Morgan fingerprint density at radius 1 is 1.38 bits per heavy atom. The second-order valence-electron chi connectivity index (χ2n) is 3.29. The van der Waals surface area contributed by atoms with Crippen molar-refractivity contribution in [1.29, 1.82) is 0 Å². The molecule has 0 radical (unpaired) electrons. The molecule has 1 atom stereocenters. The number of hydrogen-bond donors (Lipinski definition) is 1. The zero-order valence-electron chi connectivity index (χ0n) is 8.54. The highest BCUT2D eigenvalue weighted by Gasteiger charge is 2.05. The van der Waals surface area contributed by atoms with Crippen LogP contribution in [0.5, 0.6) is 0 Å². The van der Waals surface area contributed by atoms with Gasteiger partial charge >= 0.3 is 0 Å². The molecule has 13 heavy (non-hydrogen) atoms. The number of rotatable bonds is 4. The Bertz CT molecular complexity index is 243. The van der Waals surface area contributed by atoms with Gasteiger partial charge in [-0.25, -0.2) is 9.97 Å². The van der Waals surface area contributed by atoms with E-state index in [9.17, 15) is 0 Å². The number of aryl methyl sites for hydroxylation is 1. The van der Waals surface area contributed by atoms with Crippen LogP contribution >= 0.6 is 0 Å². The first-order valence-electron chi connectivity index (χ1n) is 4.76. The number of hydrogen-bond acceptors (Lipinski definition) is 3. The summed E-state index contributed by atoms with van der Waals surface area (Å²) in [5.74, 6) is 0.874. The van der Waals surface area contributed by atoms with Crippen molar-refractivity contribution in [1.82, 2.24) is 15.3 Å². The van der Waals surface area contributed by atoms with E-state index in [4.69, 9.17) is 0 Å². The van der Waals surface area contributed by atoms with Gasteiger partial charge in [0.25, 0.3) is 0 Å². The fourth-order valence-electron chi connectivity index (χ4n) is 1.08. The molecule has 1 unspecified atom stereocenters. The molecule has 0 fully saturated rings. The van der Waals surface area contributed by atoms with Gasteiger partial charge in [0, 0.05) is 12.4 Å². The Kier molecular flexibility index (Phi) is 3.83. The van der Waals surface area contributed by atoms with Crippen LogP contribution in [0.3, 0.4) is 0 Å². The van der Waals surface area contributed by atoms with E-state index in [-0.39, 0.29) is 6.04 Å². The maximum absolute atomic E-state index is 4.26. The standard InChI is InChI=1S/C10H17N3/c1-4-5-11-9(3)10-12-6-8(2)7-13-10/h6-7,9,11H,4-5H2,1-3H3. The molecule has 1 N–H and O–H groups in total. The lowest BCUT2D eigenvalue weighted by molar-refractivity contribution is 0.543. The Morgan fingerprint density at radius 2 is 2.00 bits per heavy atom. The van der Waals surface area contributed by atoms with Crippen LogP contribution in [-0.4, -0.2) is 16.5 Å². The van der Waals surface area contributed by atoms with Crippen LogP contribution in [0.15, 0.2) is 12.4 Å². The van der Waals surface area contributed by atoms with Crippen LogP contribution in [-0.2, 0) is 0 Å². The summed E-state index contributed by atoms with van der Waals surface area (Å²) in [5, 5.41) is 3.34. The minimum Gasteiger partial charge on any atom is -0.308 e. The molecular formula is C10H17N3. The van der Waals surface area contributed by atoms with Crippen LogP contribution < -0.4 is 5.32 Å². The van der Waals surface area contributed by atoms with E-state index in [0.717, 1.165) is 24.4 Å². The Labute approximate surface area is 79.6 Å². The van der Waals surface area contributed by atoms with E-state index in [2.05, 4.69) is 29.1 Å². The highest BCUT2D eigenvalue weighted by atomic mass is 15.0. The van der Waals surface area contributed by atoms with Gasteiger partial charge < -0.3 is 5.32 Å². The van der Waals surface area contributed by atoms with Crippen molar-refractivity contribution in [2.75, 3.05) is 6.54 Å².